The second-order valence-electron chi connectivity index (χ2n) is 15.1. The first kappa shape index (κ1) is 30.8. The number of hydrogen-bond donors (Lipinski definition) is 2. The molecule has 3 saturated carbocycles. The minimum Gasteiger partial charge on any atom is -0.463 e. The Balaban J connectivity index is 1.32. The molecule has 236 valence electrons. The average molecular weight is 595 g/mol. The topological polar surface area (TPSA) is 102 Å². The third-order valence-corrected chi connectivity index (χ3v) is 12.6. The lowest BCUT2D eigenvalue weighted by molar-refractivity contribution is -0.158. The second-order valence-corrected chi connectivity index (χ2v) is 15.1. The van der Waals surface area contributed by atoms with E-state index in [1.54, 1.807) is 6.92 Å². The monoisotopic (exact) mass is 594 g/mol. The van der Waals surface area contributed by atoms with E-state index < -0.39 is 5.60 Å². The van der Waals surface area contributed by atoms with Crippen molar-refractivity contribution in [1.82, 2.24) is 0 Å². The first-order valence-corrected chi connectivity index (χ1v) is 16.5. The smallest absolute Gasteiger partial charge is 0.338 e. The fraction of sp³-hybridized carbons (Fsp3) is 0.722. The number of benzene rings is 1. The molecule has 4 fully saturated rings. The van der Waals surface area contributed by atoms with Crippen molar-refractivity contribution in [1.29, 1.82) is 0 Å². The molecule has 1 aromatic rings. The van der Waals surface area contributed by atoms with Gasteiger partial charge in [0, 0.05) is 18.3 Å². The van der Waals surface area contributed by atoms with Gasteiger partial charge in [-0.25, -0.2) is 4.79 Å². The molecule has 1 aliphatic heterocycles. The van der Waals surface area contributed by atoms with Crippen LogP contribution in [0.5, 0.6) is 0 Å². The van der Waals surface area contributed by atoms with Crippen LogP contribution in [0.25, 0.3) is 0 Å². The van der Waals surface area contributed by atoms with Gasteiger partial charge in [-0.3, -0.25) is 4.79 Å². The Hall–Kier alpha value is -2.22. The normalized spacial score (nSPS) is 42.9. The quantitative estimate of drug-likeness (QED) is 0.301. The van der Waals surface area contributed by atoms with Gasteiger partial charge in [0.2, 0.25) is 0 Å². The Bertz CT molecular complexity index is 1240. The van der Waals surface area contributed by atoms with Gasteiger partial charge in [-0.2, -0.15) is 0 Å². The number of carbonyl (C=O) groups excluding carboxylic acids is 2. The van der Waals surface area contributed by atoms with Crippen LogP contribution in [0.3, 0.4) is 0 Å². The molecule has 1 aromatic carbocycles. The van der Waals surface area contributed by atoms with E-state index in [4.69, 9.17) is 14.2 Å². The number of rotatable bonds is 7. The Morgan fingerprint density at radius 1 is 1.09 bits per heavy atom. The predicted molar refractivity (Wildman–Crippen MR) is 162 cm³/mol. The molecule has 5 aliphatic rings. The van der Waals surface area contributed by atoms with Gasteiger partial charge in [0.05, 0.1) is 30.0 Å². The SMILES string of the molecule is CC(=O)O[C@H]1CC[C@@]2(C)[C@@H](CC[C@H]3C4=C[C@@H]5O[C@H](CCC(C)(O)CO)[C@@H](C)[C@@H]5[C@@]4(C)[C@@H](OC(=O)c4ccccc4)C[C@@H]32)C1. The zero-order valence-electron chi connectivity index (χ0n) is 26.5. The highest BCUT2D eigenvalue weighted by Crippen LogP contribution is 2.68. The van der Waals surface area contributed by atoms with Crippen molar-refractivity contribution in [2.75, 3.05) is 6.61 Å². The molecule has 12 atom stereocenters. The molecule has 0 amide bonds. The largest absolute Gasteiger partial charge is 0.463 e. The van der Waals surface area contributed by atoms with Crippen LogP contribution in [0.2, 0.25) is 0 Å². The number of aliphatic hydroxyl groups is 2. The van der Waals surface area contributed by atoms with Crippen molar-refractivity contribution < 1.29 is 34.0 Å². The lowest BCUT2D eigenvalue weighted by atomic mass is 9.45. The number of fused-ring (bicyclic) bond motifs is 7. The molecule has 2 N–H and O–H groups in total. The van der Waals surface area contributed by atoms with Crippen LogP contribution in [0.1, 0.15) is 96.3 Å². The molecule has 1 saturated heterocycles. The highest BCUT2D eigenvalue weighted by atomic mass is 16.5. The number of esters is 2. The van der Waals surface area contributed by atoms with Crippen molar-refractivity contribution in [3.8, 4) is 0 Å². The summed E-state index contributed by atoms with van der Waals surface area (Å²) in [7, 11) is 0. The highest BCUT2D eigenvalue weighted by molar-refractivity contribution is 5.89. The molecule has 4 aliphatic carbocycles. The molecule has 0 aromatic heterocycles. The summed E-state index contributed by atoms with van der Waals surface area (Å²) in [6.45, 7) is 9.91. The zero-order valence-corrected chi connectivity index (χ0v) is 26.5. The van der Waals surface area contributed by atoms with Crippen LogP contribution in [-0.2, 0) is 19.0 Å². The molecule has 7 heteroatoms. The zero-order chi connectivity index (χ0) is 30.7. The van der Waals surface area contributed by atoms with Gasteiger partial charge in [-0.15, -0.1) is 0 Å². The Kier molecular flexibility index (Phi) is 8.09. The van der Waals surface area contributed by atoms with Crippen molar-refractivity contribution in [2.24, 2.45) is 40.4 Å². The van der Waals surface area contributed by atoms with Crippen LogP contribution in [0, 0.1) is 40.4 Å². The van der Waals surface area contributed by atoms with E-state index in [0.29, 0.717) is 36.2 Å². The van der Waals surface area contributed by atoms with Crippen molar-refractivity contribution in [3.63, 3.8) is 0 Å². The molecule has 6 rings (SSSR count). The molecule has 7 nitrogen and oxygen atoms in total. The Morgan fingerprint density at radius 2 is 1.84 bits per heavy atom. The predicted octanol–water partition coefficient (Wildman–Crippen LogP) is 5.87. The summed E-state index contributed by atoms with van der Waals surface area (Å²) in [6.07, 6.45) is 8.98. The third-order valence-electron chi connectivity index (χ3n) is 12.6. The van der Waals surface area contributed by atoms with E-state index in [-0.39, 0.29) is 65.6 Å². The summed E-state index contributed by atoms with van der Waals surface area (Å²) in [5.41, 5.74) is 0.603. The van der Waals surface area contributed by atoms with Crippen LogP contribution in [0.15, 0.2) is 42.0 Å². The van der Waals surface area contributed by atoms with Crippen molar-refractivity contribution in [2.45, 2.75) is 116 Å². The van der Waals surface area contributed by atoms with E-state index in [2.05, 4.69) is 26.8 Å². The van der Waals surface area contributed by atoms with Crippen LogP contribution in [-0.4, -0.2) is 58.8 Å². The lowest BCUT2D eigenvalue weighted by Crippen LogP contribution is -2.57. The summed E-state index contributed by atoms with van der Waals surface area (Å²) in [6, 6.07) is 9.30. The molecule has 1 heterocycles. The maximum Gasteiger partial charge on any atom is 0.338 e. The molecular weight excluding hydrogens is 544 g/mol. The van der Waals surface area contributed by atoms with Crippen LogP contribution >= 0.6 is 0 Å². The highest BCUT2D eigenvalue weighted by Gasteiger charge is 2.66. The fourth-order valence-corrected chi connectivity index (χ4v) is 10.2. The third kappa shape index (κ3) is 5.27. The van der Waals surface area contributed by atoms with E-state index in [0.717, 1.165) is 38.5 Å². The van der Waals surface area contributed by atoms with Gasteiger partial charge in [0.15, 0.2) is 0 Å². The van der Waals surface area contributed by atoms with E-state index in [9.17, 15) is 19.8 Å². The van der Waals surface area contributed by atoms with Crippen molar-refractivity contribution >= 4 is 11.9 Å². The van der Waals surface area contributed by atoms with E-state index in [1.165, 1.54) is 12.5 Å². The van der Waals surface area contributed by atoms with Gasteiger partial charge in [-0.05, 0) is 99.5 Å². The van der Waals surface area contributed by atoms with E-state index in [1.807, 2.05) is 30.3 Å². The number of aliphatic hydroxyl groups excluding tert-OH is 1. The minimum atomic E-state index is -1.12. The summed E-state index contributed by atoms with van der Waals surface area (Å²) < 4.78 is 19.0. The maximum absolute atomic E-state index is 13.6. The van der Waals surface area contributed by atoms with Gasteiger partial charge >= 0.3 is 11.9 Å². The van der Waals surface area contributed by atoms with Gasteiger partial charge in [-0.1, -0.05) is 50.6 Å². The molecule has 43 heavy (non-hydrogen) atoms. The van der Waals surface area contributed by atoms with Crippen molar-refractivity contribution in [3.05, 3.63) is 47.5 Å². The maximum atomic E-state index is 13.6. The molecule has 1 unspecified atom stereocenters. The fourth-order valence-electron chi connectivity index (χ4n) is 10.2. The first-order chi connectivity index (χ1) is 20.4. The first-order valence-electron chi connectivity index (χ1n) is 16.5. The van der Waals surface area contributed by atoms with Gasteiger partial charge in [0.1, 0.15) is 12.2 Å². The van der Waals surface area contributed by atoms with Crippen LogP contribution < -0.4 is 0 Å². The standard InChI is InChI=1S/C36H50O7/c1-21-29(14-15-34(3,40)20-37)42-30-18-28-26-12-11-24-17-25(41-22(2)38)13-16-35(24,4)27(26)19-31(36(28,5)32(21)30)43-33(39)23-9-7-6-8-10-23/h6-10,18,21,24-27,29-32,37,40H,11-17,19-20H2,1-5H3/t21-,24+,25+,26-,27+,29-,30+,31+,32+,34?,35+,36-/m1/s1. The molecule has 0 radical (unpaired) electrons. The lowest BCUT2D eigenvalue weighted by Gasteiger charge is -2.61. The van der Waals surface area contributed by atoms with Gasteiger partial charge < -0.3 is 24.4 Å². The Labute approximate surface area is 256 Å². The summed E-state index contributed by atoms with van der Waals surface area (Å²) in [5.74, 6) is 1.18. The number of ether oxygens (including phenoxy) is 3. The average Bonchev–Trinajstić information content (AvgIpc) is 3.46. The van der Waals surface area contributed by atoms with Crippen LogP contribution in [0.4, 0.5) is 0 Å². The molecule has 0 bridgehead atoms. The summed E-state index contributed by atoms with van der Waals surface area (Å²) in [5, 5.41) is 20.1. The minimum absolute atomic E-state index is 0.00414. The molecule has 0 spiro atoms. The molecular formula is C36H50O7. The Morgan fingerprint density at radius 3 is 2.53 bits per heavy atom. The van der Waals surface area contributed by atoms with E-state index >= 15 is 0 Å². The number of hydrogen-bond acceptors (Lipinski definition) is 7. The number of carbonyl (C=O) groups is 2. The summed E-state index contributed by atoms with van der Waals surface area (Å²) >= 11 is 0. The second kappa shape index (κ2) is 11.3. The summed E-state index contributed by atoms with van der Waals surface area (Å²) in [4.78, 5) is 25.4. The van der Waals surface area contributed by atoms with Gasteiger partial charge in [0.25, 0.3) is 0 Å².